The second-order valence-corrected chi connectivity index (χ2v) is 8.12. The number of fused-ring (bicyclic) bond motifs is 2. The molecule has 0 fully saturated rings. The maximum atomic E-state index is 13.5. The molecule has 0 spiro atoms. The Morgan fingerprint density at radius 2 is 1.87 bits per heavy atom. The van der Waals surface area contributed by atoms with E-state index in [1.54, 1.807) is 68.6 Å². The molecule has 1 N–H and O–H groups in total. The summed E-state index contributed by atoms with van der Waals surface area (Å²) in [5.41, 5.74) is 1.30. The summed E-state index contributed by atoms with van der Waals surface area (Å²) >= 11 is 0. The van der Waals surface area contributed by atoms with E-state index in [1.807, 2.05) is 12.1 Å². The zero-order chi connectivity index (χ0) is 26.6. The van der Waals surface area contributed by atoms with Crippen LogP contribution in [0.4, 0.5) is 0 Å². The third-order valence-corrected chi connectivity index (χ3v) is 5.66. The fourth-order valence-electron chi connectivity index (χ4n) is 3.97. The van der Waals surface area contributed by atoms with E-state index in [4.69, 9.17) is 23.7 Å². The average molecular weight is 514 g/mol. The van der Waals surface area contributed by atoms with Gasteiger partial charge in [0.15, 0.2) is 23.9 Å². The number of para-hydroxylation sites is 1. The molecule has 5 rings (SSSR count). The molecule has 38 heavy (non-hydrogen) atoms. The van der Waals surface area contributed by atoms with Crippen molar-refractivity contribution in [3.8, 4) is 28.8 Å². The molecule has 10 heteroatoms. The highest BCUT2D eigenvalue weighted by molar-refractivity contribution is 5.88. The van der Waals surface area contributed by atoms with Gasteiger partial charge in [-0.2, -0.15) is 9.78 Å². The lowest BCUT2D eigenvalue weighted by molar-refractivity contribution is -0.139. The number of methoxy groups -OCH3 is 1. The van der Waals surface area contributed by atoms with Gasteiger partial charge in [0.25, 0.3) is 5.56 Å². The monoisotopic (exact) mass is 513 g/mol. The van der Waals surface area contributed by atoms with Crippen molar-refractivity contribution in [2.75, 3.05) is 20.3 Å². The fraction of sp³-hybridized carbons (Fsp3) is 0.143. The van der Waals surface area contributed by atoms with E-state index < -0.39 is 12.6 Å². The fourth-order valence-corrected chi connectivity index (χ4v) is 3.97. The van der Waals surface area contributed by atoms with Crippen LogP contribution in [-0.4, -0.2) is 47.3 Å². The van der Waals surface area contributed by atoms with Crippen LogP contribution in [0.2, 0.25) is 0 Å². The number of ether oxygens (including phenoxy) is 3. The van der Waals surface area contributed by atoms with Crippen LogP contribution >= 0.6 is 0 Å². The van der Waals surface area contributed by atoms with Crippen molar-refractivity contribution in [3.05, 3.63) is 82.6 Å². The third-order valence-electron chi connectivity index (χ3n) is 5.66. The Balaban J connectivity index is 1.62. The molecule has 0 aliphatic carbocycles. The number of furan rings is 1. The van der Waals surface area contributed by atoms with Crippen LogP contribution in [0.25, 0.3) is 33.5 Å². The third kappa shape index (κ3) is 4.79. The molecule has 5 aromatic rings. The maximum Gasteiger partial charge on any atom is 0.341 e. The lowest BCUT2D eigenvalue weighted by Crippen LogP contribution is -2.20. The highest BCUT2D eigenvalue weighted by Crippen LogP contribution is 2.33. The van der Waals surface area contributed by atoms with Crippen LogP contribution in [0, 0.1) is 0 Å². The molecule has 0 unspecified atom stereocenters. The van der Waals surface area contributed by atoms with E-state index in [0.29, 0.717) is 45.9 Å². The van der Waals surface area contributed by atoms with Crippen molar-refractivity contribution in [1.29, 1.82) is 0 Å². The maximum absolute atomic E-state index is 13.5. The van der Waals surface area contributed by atoms with E-state index in [1.165, 1.54) is 10.9 Å². The van der Waals surface area contributed by atoms with Crippen molar-refractivity contribution in [1.82, 2.24) is 9.66 Å². The normalized spacial score (nSPS) is 11.3. The molecule has 0 radical (unpaired) electrons. The van der Waals surface area contributed by atoms with E-state index in [0.717, 1.165) is 5.39 Å². The topological polar surface area (TPSA) is 125 Å². The van der Waals surface area contributed by atoms with Gasteiger partial charge < -0.3 is 23.7 Å². The Morgan fingerprint density at radius 3 is 2.66 bits per heavy atom. The average Bonchev–Trinajstić information content (AvgIpc) is 3.36. The van der Waals surface area contributed by atoms with Crippen LogP contribution in [0.5, 0.6) is 17.2 Å². The SMILES string of the molecule is CCOc1cc(C=Nn2c(-c3cc4c(OC)cccc4o3)nc3ccccc3c2=O)ccc1OCC(=O)O. The zero-order valence-electron chi connectivity index (χ0n) is 20.6. The van der Waals surface area contributed by atoms with Crippen LogP contribution < -0.4 is 19.8 Å². The summed E-state index contributed by atoms with van der Waals surface area (Å²) in [5.74, 6) is 0.729. The molecule has 192 valence electrons. The Kier molecular flexibility index (Phi) is 6.77. The number of carbonyl (C=O) groups is 1. The molecule has 2 heterocycles. The number of carboxylic acids is 1. The molecule has 0 atom stereocenters. The van der Waals surface area contributed by atoms with Gasteiger partial charge in [-0.15, -0.1) is 0 Å². The van der Waals surface area contributed by atoms with Gasteiger partial charge in [-0.1, -0.05) is 18.2 Å². The Bertz CT molecular complexity index is 1740. The van der Waals surface area contributed by atoms with E-state index in [9.17, 15) is 9.59 Å². The first-order valence-electron chi connectivity index (χ1n) is 11.7. The molecule has 0 amide bonds. The highest BCUT2D eigenvalue weighted by Gasteiger charge is 2.18. The summed E-state index contributed by atoms with van der Waals surface area (Å²) in [7, 11) is 1.57. The lowest BCUT2D eigenvalue weighted by atomic mass is 10.2. The number of hydrogen-bond donors (Lipinski definition) is 1. The Morgan fingerprint density at radius 1 is 1.03 bits per heavy atom. The number of carboxylic acid groups (broad SMARTS) is 1. The predicted molar refractivity (Wildman–Crippen MR) is 141 cm³/mol. The van der Waals surface area contributed by atoms with Crippen molar-refractivity contribution in [3.63, 3.8) is 0 Å². The van der Waals surface area contributed by atoms with Crippen LogP contribution in [0.3, 0.4) is 0 Å². The molecule has 0 saturated carbocycles. The molecular weight excluding hydrogens is 490 g/mol. The highest BCUT2D eigenvalue weighted by atomic mass is 16.5. The summed E-state index contributed by atoms with van der Waals surface area (Å²) < 4.78 is 23.6. The van der Waals surface area contributed by atoms with Gasteiger partial charge in [0, 0.05) is 0 Å². The summed E-state index contributed by atoms with van der Waals surface area (Å²) in [6.07, 6.45) is 1.48. The molecule has 0 saturated heterocycles. The summed E-state index contributed by atoms with van der Waals surface area (Å²) in [5, 5.41) is 14.5. The van der Waals surface area contributed by atoms with Gasteiger partial charge >= 0.3 is 5.97 Å². The molecule has 0 bridgehead atoms. The number of hydrogen-bond acceptors (Lipinski definition) is 8. The zero-order valence-corrected chi connectivity index (χ0v) is 20.6. The van der Waals surface area contributed by atoms with E-state index in [-0.39, 0.29) is 17.1 Å². The van der Waals surface area contributed by atoms with Gasteiger partial charge in [0.1, 0.15) is 11.3 Å². The minimum atomic E-state index is -1.10. The summed E-state index contributed by atoms with van der Waals surface area (Å²) in [6.45, 7) is 1.64. The van der Waals surface area contributed by atoms with Crippen molar-refractivity contribution in [2.24, 2.45) is 5.10 Å². The largest absolute Gasteiger partial charge is 0.496 e. The molecule has 2 aromatic heterocycles. The van der Waals surface area contributed by atoms with E-state index in [2.05, 4.69) is 10.1 Å². The predicted octanol–water partition coefficient (Wildman–Crippen LogP) is 4.56. The summed E-state index contributed by atoms with van der Waals surface area (Å²) in [6, 6.07) is 19.1. The van der Waals surface area contributed by atoms with E-state index >= 15 is 0 Å². The number of rotatable bonds is 9. The number of nitrogens with zero attached hydrogens (tertiary/aromatic N) is 3. The minimum absolute atomic E-state index is 0.217. The van der Waals surface area contributed by atoms with Crippen molar-refractivity contribution < 1.29 is 28.5 Å². The first-order valence-corrected chi connectivity index (χ1v) is 11.7. The van der Waals surface area contributed by atoms with Gasteiger partial charge in [0.2, 0.25) is 5.82 Å². The second-order valence-electron chi connectivity index (χ2n) is 8.12. The number of benzene rings is 3. The Labute approximate surface area is 216 Å². The first-order chi connectivity index (χ1) is 18.5. The second kappa shape index (κ2) is 10.5. The smallest absolute Gasteiger partial charge is 0.341 e. The van der Waals surface area contributed by atoms with Crippen molar-refractivity contribution >= 4 is 34.1 Å². The number of aromatic nitrogens is 2. The standard InChI is InChI=1S/C28H23N3O7/c1-3-36-24-13-17(11-12-23(24)37-16-26(32)33)15-29-31-27(30-20-8-5-4-7-18(20)28(31)34)25-14-19-21(35-2)9-6-10-22(19)38-25/h4-15H,3,16H2,1-2H3,(H,32,33). The molecule has 0 aliphatic heterocycles. The van der Waals surface area contributed by atoms with Crippen LogP contribution in [-0.2, 0) is 4.79 Å². The molecular formula is C28H23N3O7. The quantitative estimate of drug-likeness (QED) is 0.284. The molecule has 0 aliphatic rings. The van der Waals surface area contributed by atoms with Gasteiger partial charge in [-0.25, -0.2) is 9.78 Å². The van der Waals surface area contributed by atoms with Crippen LogP contribution in [0.15, 0.2) is 81.0 Å². The van der Waals surface area contributed by atoms with Gasteiger partial charge in [-0.3, -0.25) is 4.79 Å². The van der Waals surface area contributed by atoms with Crippen LogP contribution in [0.1, 0.15) is 12.5 Å². The molecule has 3 aromatic carbocycles. The van der Waals surface area contributed by atoms with Gasteiger partial charge in [0.05, 0.1) is 36.2 Å². The molecule has 10 nitrogen and oxygen atoms in total. The summed E-state index contributed by atoms with van der Waals surface area (Å²) in [4.78, 5) is 29.1. The first kappa shape index (κ1) is 24.6. The van der Waals surface area contributed by atoms with Gasteiger partial charge in [-0.05, 0) is 61.0 Å². The minimum Gasteiger partial charge on any atom is -0.496 e. The van der Waals surface area contributed by atoms with Crippen molar-refractivity contribution in [2.45, 2.75) is 6.92 Å². The lowest BCUT2D eigenvalue weighted by Gasteiger charge is -2.11. The Hall–Kier alpha value is -5.12. The number of aliphatic carboxylic acids is 1.